The van der Waals surface area contributed by atoms with E-state index in [0.717, 1.165) is 16.5 Å². The van der Waals surface area contributed by atoms with Crippen molar-refractivity contribution in [2.24, 2.45) is 0 Å². The minimum atomic E-state index is -0.0175. The van der Waals surface area contributed by atoms with Gasteiger partial charge in [-0.1, -0.05) is 18.2 Å². The summed E-state index contributed by atoms with van der Waals surface area (Å²) in [4.78, 5) is 12.2. The first kappa shape index (κ1) is 17.8. The van der Waals surface area contributed by atoms with E-state index in [0.29, 0.717) is 31.0 Å². The predicted octanol–water partition coefficient (Wildman–Crippen LogP) is 3.07. The van der Waals surface area contributed by atoms with Crippen LogP contribution in [0.2, 0.25) is 0 Å². The highest BCUT2D eigenvalue weighted by Gasteiger charge is 2.08. The fourth-order valence-corrected chi connectivity index (χ4v) is 2.85. The minimum absolute atomic E-state index is 0.0175. The van der Waals surface area contributed by atoms with E-state index in [1.54, 1.807) is 14.2 Å². The number of nitrogens with one attached hydrogen (secondary N) is 1. The van der Waals surface area contributed by atoms with Crippen LogP contribution in [0.3, 0.4) is 0 Å². The Morgan fingerprint density at radius 1 is 1.12 bits per heavy atom. The number of methoxy groups -OCH3 is 2. The van der Waals surface area contributed by atoms with E-state index >= 15 is 0 Å². The predicted molar refractivity (Wildman–Crippen MR) is 100 cm³/mol. The number of carbonyl (C=O) groups excluding carboxylic acids is 1. The lowest BCUT2D eigenvalue weighted by Crippen LogP contribution is -2.24. The third kappa shape index (κ3) is 3.96. The Labute approximate surface area is 152 Å². The molecule has 3 aromatic rings. The largest absolute Gasteiger partial charge is 0.493 e. The molecule has 6 heteroatoms. The zero-order valence-electron chi connectivity index (χ0n) is 15.3. The van der Waals surface area contributed by atoms with Crippen molar-refractivity contribution in [1.82, 2.24) is 15.1 Å². The molecule has 136 valence electrons. The quantitative estimate of drug-likeness (QED) is 0.709. The molecule has 0 fully saturated rings. The molecule has 0 aliphatic heterocycles. The summed E-state index contributed by atoms with van der Waals surface area (Å²) in [6, 6.07) is 11.8. The molecule has 3 rings (SSSR count). The molecular formula is C20H23N3O3. The Kier molecular flexibility index (Phi) is 5.41. The number of nitrogens with zero attached hydrogens (tertiary/aromatic N) is 2. The molecule has 0 aliphatic carbocycles. The third-order valence-electron chi connectivity index (χ3n) is 4.29. The number of hydrogen-bond acceptors (Lipinski definition) is 4. The number of amides is 1. The summed E-state index contributed by atoms with van der Waals surface area (Å²) in [5, 5.41) is 8.39. The van der Waals surface area contributed by atoms with Gasteiger partial charge in [-0.3, -0.25) is 9.48 Å². The van der Waals surface area contributed by atoms with Gasteiger partial charge in [-0.05, 0) is 36.2 Å². The maximum Gasteiger partial charge on any atom is 0.222 e. The van der Waals surface area contributed by atoms with Gasteiger partial charge in [-0.25, -0.2) is 0 Å². The van der Waals surface area contributed by atoms with Crippen molar-refractivity contribution in [3.63, 3.8) is 0 Å². The van der Waals surface area contributed by atoms with Crippen molar-refractivity contribution in [3.8, 4) is 11.5 Å². The number of rotatable bonds is 7. The molecule has 2 aromatic carbocycles. The van der Waals surface area contributed by atoms with Crippen molar-refractivity contribution in [2.75, 3.05) is 14.2 Å². The minimum Gasteiger partial charge on any atom is -0.493 e. The van der Waals surface area contributed by atoms with Crippen molar-refractivity contribution in [1.29, 1.82) is 0 Å². The maximum atomic E-state index is 12.2. The summed E-state index contributed by atoms with van der Waals surface area (Å²) in [7, 11) is 3.19. The molecule has 0 atom stereocenters. The number of aromatic nitrogens is 2. The van der Waals surface area contributed by atoms with E-state index in [9.17, 15) is 4.79 Å². The summed E-state index contributed by atoms with van der Waals surface area (Å²) in [6.45, 7) is 3.04. The van der Waals surface area contributed by atoms with E-state index in [-0.39, 0.29) is 5.91 Å². The topological polar surface area (TPSA) is 65.4 Å². The highest BCUT2D eigenvalue weighted by atomic mass is 16.5. The van der Waals surface area contributed by atoms with Gasteiger partial charge in [0, 0.05) is 18.4 Å². The molecular weight excluding hydrogens is 330 g/mol. The second kappa shape index (κ2) is 7.91. The Hall–Kier alpha value is -3.02. The van der Waals surface area contributed by atoms with Crippen LogP contribution in [-0.4, -0.2) is 29.9 Å². The Morgan fingerprint density at radius 2 is 1.92 bits per heavy atom. The number of aryl methyl sites for hydroxylation is 2. The van der Waals surface area contributed by atoms with Crippen LogP contribution in [0.15, 0.2) is 42.6 Å². The molecule has 0 aliphatic rings. The number of benzene rings is 2. The second-order valence-corrected chi connectivity index (χ2v) is 6.15. The summed E-state index contributed by atoms with van der Waals surface area (Å²) < 4.78 is 12.4. The second-order valence-electron chi connectivity index (χ2n) is 6.15. The molecule has 1 N–H and O–H groups in total. The lowest BCUT2D eigenvalue weighted by Gasteiger charge is -2.10. The molecule has 1 heterocycles. The third-order valence-corrected chi connectivity index (χ3v) is 4.29. The van der Waals surface area contributed by atoms with Crippen LogP contribution in [-0.2, 0) is 17.9 Å². The number of hydrogen-bond donors (Lipinski definition) is 1. The smallest absolute Gasteiger partial charge is 0.222 e. The van der Waals surface area contributed by atoms with Crippen molar-refractivity contribution in [2.45, 2.75) is 26.4 Å². The summed E-state index contributed by atoms with van der Waals surface area (Å²) in [6.07, 6.45) is 2.20. The van der Waals surface area contributed by atoms with Gasteiger partial charge in [0.2, 0.25) is 5.91 Å². The molecule has 0 unspecified atom stereocenters. The SMILES string of the molecule is COc1ccc(CNC(=O)CCn2ncc3ccc(C)cc32)cc1OC. The van der Waals surface area contributed by atoms with E-state index < -0.39 is 0 Å². The number of ether oxygens (including phenoxy) is 2. The molecule has 0 bridgehead atoms. The average molecular weight is 353 g/mol. The van der Waals surface area contributed by atoms with Crippen LogP contribution in [0.1, 0.15) is 17.5 Å². The van der Waals surface area contributed by atoms with E-state index in [1.807, 2.05) is 42.1 Å². The van der Waals surface area contributed by atoms with Crippen LogP contribution in [0.25, 0.3) is 10.9 Å². The first-order valence-corrected chi connectivity index (χ1v) is 8.50. The standard InChI is InChI=1S/C20H23N3O3/c1-14-4-6-16-13-22-23(17(16)10-14)9-8-20(24)21-12-15-5-7-18(25-2)19(11-15)26-3/h4-7,10-11,13H,8-9,12H2,1-3H3,(H,21,24). The van der Waals surface area contributed by atoms with Crippen LogP contribution < -0.4 is 14.8 Å². The van der Waals surface area contributed by atoms with Gasteiger partial charge in [-0.15, -0.1) is 0 Å². The molecule has 0 saturated heterocycles. The first-order valence-electron chi connectivity index (χ1n) is 8.50. The fourth-order valence-electron chi connectivity index (χ4n) is 2.85. The number of carbonyl (C=O) groups is 1. The van der Waals surface area contributed by atoms with Gasteiger partial charge < -0.3 is 14.8 Å². The molecule has 1 amide bonds. The van der Waals surface area contributed by atoms with Crippen molar-refractivity contribution < 1.29 is 14.3 Å². The highest BCUT2D eigenvalue weighted by Crippen LogP contribution is 2.27. The van der Waals surface area contributed by atoms with Crippen LogP contribution in [0.4, 0.5) is 0 Å². The van der Waals surface area contributed by atoms with Gasteiger partial charge in [-0.2, -0.15) is 5.10 Å². The summed E-state index contributed by atoms with van der Waals surface area (Å²) >= 11 is 0. The summed E-state index contributed by atoms with van der Waals surface area (Å²) in [5.41, 5.74) is 3.19. The zero-order valence-corrected chi connectivity index (χ0v) is 15.3. The number of fused-ring (bicyclic) bond motifs is 1. The maximum absolute atomic E-state index is 12.2. The molecule has 0 saturated carbocycles. The van der Waals surface area contributed by atoms with Crippen LogP contribution in [0.5, 0.6) is 11.5 Å². The lowest BCUT2D eigenvalue weighted by atomic mass is 10.2. The van der Waals surface area contributed by atoms with Crippen LogP contribution in [0, 0.1) is 6.92 Å². The Bertz CT molecular complexity index is 918. The van der Waals surface area contributed by atoms with Gasteiger partial charge in [0.05, 0.1) is 32.5 Å². The normalized spacial score (nSPS) is 10.7. The zero-order chi connectivity index (χ0) is 18.5. The monoisotopic (exact) mass is 353 g/mol. The lowest BCUT2D eigenvalue weighted by molar-refractivity contribution is -0.121. The molecule has 0 radical (unpaired) electrons. The van der Waals surface area contributed by atoms with Gasteiger partial charge in [0.25, 0.3) is 0 Å². The van der Waals surface area contributed by atoms with E-state index in [1.165, 1.54) is 5.56 Å². The van der Waals surface area contributed by atoms with Crippen molar-refractivity contribution >= 4 is 16.8 Å². The van der Waals surface area contributed by atoms with E-state index in [4.69, 9.17) is 9.47 Å². The average Bonchev–Trinajstić information content (AvgIpc) is 3.06. The fraction of sp³-hybridized carbons (Fsp3) is 0.300. The highest BCUT2D eigenvalue weighted by molar-refractivity contribution is 5.80. The molecule has 1 aromatic heterocycles. The van der Waals surface area contributed by atoms with Crippen molar-refractivity contribution in [3.05, 3.63) is 53.7 Å². The first-order chi connectivity index (χ1) is 12.6. The molecule has 0 spiro atoms. The van der Waals surface area contributed by atoms with Gasteiger partial charge >= 0.3 is 0 Å². The molecule has 6 nitrogen and oxygen atoms in total. The van der Waals surface area contributed by atoms with Gasteiger partial charge in [0.1, 0.15) is 0 Å². The Balaban J connectivity index is 1.56. The molecule has 26 heavy (non-hydrogen) atoms. The van der Waals surface area contributed by atoms with Gasteiger partial charge in [0.15, 0.2) is 11.5 Å². The summed E-state index contributed by atoms with van der Waals surface area (Å²) in [5.74, 6) is 1.30. The van der Waals surface area contributed by atoms with Crippen LogP contribution >= 0.6 is 0 Å². The van der Waals surface area contributed by atoms with E-state index in [2.05, 4.69) is 22.5 Å². The Morgan fingerprint density at radius 3 is 2.69 bits per heavy atom.